The zero-order valence-electron chi connectivity index (χ0n) is 10.9. The summed E-state index contributed by atoms with van der Waals surface area (Å²) < 4.78 is 28.6. The van der Waals surface area contributed by atoms with Crippen LogP contribution in [-0.4, -0.2) is 25.4 Å². The number of rotatable bonds is 8. The SMILES string of the molecule is CCCCCCOc1ccc(S(=O)(=O)C=[N+]=[N-])cc1. The summed E-state index contributed by atoms with van der Waals surface area (Å²) in [6, 6.07) is 6.05. The zero-order valence-corrected chi connectivity index (χ0v) is 11.8. The maximum absolute atomic E-state index is 11.5. The van der Waals surface area contributed by atoms with E-state index < -0.39 is 9.84 Å². The normalized spacial score (nSPS) is 10.8. The molecule has 0 saturated heterocycles. The van der Waals surface area contributed by atoms with Crippen LogP contribution < -0.4 is 4.74 Å². The van der Waals surface area contributed by atoms with Gasteiger partial charge >= 0.3 is 5.55 Å². The van der Waals surface area contributed by atoms with E-state index in [1.807, 2.05) is 0 Å². The lowest BCUT2D eigenvalue weighted by atomic mass is 10.2. The Kier molecular flexibility index (Phi) is 6.25. The number of sulfone groups is 1. The summed E-state index contributed by atoms with van der Waals surface area (Å²) in [5.41, 5.74) is 8.78. The van der Waals surface area contributed by atoms with E-state index in [-0.39, 0.29) is 4.90 Å². The molecule has 0 aromatic heterocycles. The molecule has 19 heavy (non-hydrogen) atoms. The quantitative estimate of drug-likeness (QED) is 0.242. The molecule has 0 fully saturated rings. The summed E-state index contributed by atoms with van der Waals surface area (Å²) in [6.45, 7) is 2.78. The Hall–Kier alpha value is -1.65. The van der Waals surface area contributed by atoms with E-state index in [0.29, 0.717) is 17.9 Å². The van der Waals surface area contributed by atoms with Crippen molar-refractivity contribution < 1.29 is 17.9 Å². The molecule has 5 nitrogen and oxygen atoms in total. The van der Waals surface area contributed by atoms with Gasteiger partial charge in [0.15, 0.2) is 0 Å². The van der Waals surface area contributed by atoms with Crippen LogP contribution >= 0.6 is 0 Å². The maximum atomic E-state index is 11.5. The summed E-state index contributed by atoms with van der Waals surface area (Å²) in [5.74, 6) is 0.636. The highest BCUT2D eigenvalue weighted by atomic mass is 32.2. The van der Waals surface area contributed by atoms with Gasteiger partial charge in [0, 0.05) is 0 Å². The Bertz CT molecular complexity index is 532. The molecule has 1 aromatic carbocycles. The largest absolute Gasteiger partial charge is 0.494 e. The molecule has 0 aliphatic heterocycles. The first kappa shape index (κ1) is 15.4. The lowest BCUT2D eigenvalue weighted by Crippen LogP contribution is -2.03. The number of hydrogen-bond donors (Lipinski definition) is 0. The van der Waals surface area contributed by atoms with Crippen LogP contribution in [0.3, 0.4) is 0 Å². The summed E-state index contributed by atoms with van der Waals surface area (Å²) in [6.07, 6.45) is 4.50. The van der Waals surface area contributed by atoms with Crippen LogP contribution in [0, 0.1) is 0 Å². The lowest BCUT2D eigenvalue weighted by Gasteiger charge is -2.06. The van der Waals surface area contributed by atoms with Crippen LogP contribution in [0.1, 0.15) is 32.6 Å². The molecular formula is C13H18N2O3S. The van der Waals surface area contributed by atoms with Gasteiger partial charge in [-0.3, -0.25) is 0 Å². The summed E-state index contributed by atoms with van der Waals surface area (Å²) in [4.78, 5) is 2.61. The van der Waals surface area contributed by atoms with Crippen molar-refractivity contribution in [2.45, 2.75) is 37.5 Å². The number of ether oxygens (including phenoxy) is 1. The third-order valence-electron chi connectivity index (χ3n) is 2.60. The predicted octanol–water partition coefficient (Wildman–Crippen LogP) is 2.68. The molecule has 0 heterocycles. The molecule has 0 amide bonds. The molecule has 0 unspecified atom stereocenters. The standard InChI is InChI=1S/C13H18N2O3S/c1-2-3-4-5-10-18-12-6-8-13(9-7-12)19(16,17)11-15-14/h6-9,11H,2-5,10H2,1H3. The van der Waals surface area contributed by atoms with Gasteiger partial charge in [0.1, 0.15) is 5.75 Å². The van der Waals surface area contributed by atoms with Crippen molar-refractivity contribution in [3.8, 4) is 5.75 Å². The Morgan fingerprint density at radius 3 is 2.47 bits per heavy atom. The van der Waals surface area contributed by atoms with Gasteiger partial charge in [-0.05, 0) is 30.7 Å². The van der Waals surface area contributed by atoms with Gasteiger partial charge in [0.2, 0.25) is 0 Å². The number of nitrogens with zero attached hydrogens (tertiary/aromatic N) is 2. The van der Waals surface area contributed by atoms with Crippen molar-refractivity contribution in [1.82, 2.24) is 0 Å². The topological polar surface area (TPSA) is 79.8 Å². The van der Waals surface area contributed by atoms with E-state index in [2.05, 4.69) is 11.7 Å². The van der Waals surface area contributed by atoms with Crippen LogP contribution in [-0.2, 0) is 9.84 Å². The molecule has 0 saturated carbocycles. The first-order valence-corrected chi connectivity index (χ1v) is 7.80. The molecule has 6 heteroatoms. The molecule has 0 spiro atoms. The summed E-state index contributed by atoms with van der Waals surface area (Å²) in [5, 5.41) is 0. The molecule has 0 atom stereocenters. The first-order valence-electron chi connectivity index (χ1n) is 6.25. The van der Waals surface area contributed by atoms with Gasteiger partial charge in [-0.15, -0.1) is 0 Å². The van der Waals surface area contributed by atoms with Gasteiger partial charge in [-0.25, -0.2) is 8.42 Å². The fourth-order valence-corrected chi connectivity index (χ4v) is 2.33. The molecule has 0 radical (unpaired) electrons. The molecule has 0 N–H and O–H groups in total. The summed E-state index contributed by atoms with van der Waals surface area (Å²) >= 11 is 0. The predicted molar refractivity (Wildman–Crippen MR) is 72.9 cm³/mol. The maximum Gasteiger partial charge on any atom is 0.374 e. The van der Waals surface area contributed by atoms with Crippen molar-refractivity contribution >= 4 is 15.4 Å². The minimum atomic E-state index is -3.66. The molecule has 0 aliphatic rings. The van der Waals surface area contributed by atoms with Crippen molar-refractivity contribution in [1.29, 1.82) is 0 Å². The van der Waals surface area contributed by atoms with Crippen LogP contribution in [0.15, 0.2) is 29.2 Å². The molecule has 0 bridgehead atoms. The Morgan fingerprint density at radius 1 is 1.21 bits per heavy atom. The highest BCUT2D eigenvalue weighted by Gasteiger charge is 2.15. The minimum absolute atomic E-state index is 0.0728. The van der Waals surface area contributed by atoms with E-state index in [9.17, 15) is 8.42 Å². The second-order valence-electron chi connectivity index (χ2n) is 4.15. The average Bonchev–Trinajstić information content (AvgIpc) is 2.39. The van der Waals surface area contributed by atoms with Crippen molar-refractivity contribution in [3.63, 3.8) is 0 Å². The Morgan fingerprint density at radius 2 is 1.89 bits per heavy atom. The van der Waals surface area contributed by atoms with Crippen LogP contribution in [0.25, 0.3) is 5.53 Å². The molecule has 1 aromatic rings. The fourth-order valence-electron chi connectivity index (χ4n) is 1.57. The molecule has 1 rings (SSSR count). The van der Waals surface area contributed by atoms with Crippen LogP contribution in [0.5, 0.6) is 5.75 Å². The Balaban J connectivity index is 2.55. The average molecular weight is 282 g/mol. The van der Waals surface area contributed by atoms with Gasteiger partial charge < -0.3 is 10.3 Å². The van der Waals surface area contributed by atoms with E-state index in [0.717, 1.165) is 12.8 Å². The van der Waals surface area contributed by atoms with Gasteiger partial charge in [-0.1, -0.05) is 26.2 Å². The fraction of sp³-hybridized carbons (Fsp3) is 0.462. The monoisotopic (exact) mass is 282 g/mol. The second-order valence-corrected chi connectivity index (χ2v) is 5.92. The van der Waals surface area contributed by atoms with E-state index in [1.54, 1.807) is 12.1 Å². The Labute approximate surface area is 113 Å². The van der Waals surface area contributed by atoms with Gasteiger partial charge in [0.05, 0.1) is 11.5 Å². The highest BCUT2D eigenvalue weighted by molar-refractivity contribution is 8.04. The molecular weight excluding hydrogens is 264 g/mol. The second kappa shape index (κ2) is 7.71. The van der Waals surface area contributed by atoms with Crippen LogP contribution in [0.4, 0.5) is 0 Å². The van der Waals surface area contributed by atoms with Crippen molar-refractivity contribution in [2.24, 2.45) is 0 Å². The lowest BCUT2D eigenvalue weighted by molar-refractivity contribution is 0.00754. The minimum Gasteiger partial charge on any atom is -0.494 e. The zero-order chi connectivity index (χ0) is 14.1. The smallest absolute Gasteiger partial charge is 0.374 e. The van der Waals surface area contributed by atoms with Crippen molar-refractivity contribution in [3.05, 3.63) is 29.8 Å². The number of unbranched alkanes of at least 4 members (excludes halogenated alkanes) is 3. The first-order chi connectivity index (χ1) is 9.10. The summed E-state index contributed by atoms with van der Waals surface area (Å²) in [7, 11) is -3.66. The van der Waals surface area contributed by atoms with Crippen LogP contribution in [0.2, 0.25) is 0 Å². The molecule has 104 valence electrons. The van der Waals surface area contributed by atoms with E-state index >= 15 is 0 Å². The number of hydrogen-bond acceptors (Lipinski definition) is 3. The van der Waals surface area contributed by atoms with E-state index in [1.165, 1.54) is 25.0 Å². The van der Waals surface area contributed by atoms with E-state index in [4.69, 9.17) is 10.3 Å². The molecule has 0 aliphatic carbocycles. The van der Waals surface area contributed by atoms with Gasteiger partial charge in [-0.2, -0.15) is 4.79 Å². The van der Waals surface area contributed by atoms with Crippen molar-refractivity contribution in [2.75, 3.05) is 6.61 Å². The third kappa shape index (κ3) is 5.24. The number of benzene rings is 1. The van der Waals surface area contributed by atoms with Gasteiger partial charge in [0.25, 0.3) is 9.84 Å². The third-order valence-corrected chi connectivity index (χ3v) is 3.91. The highest BCUT2D eigenvalue weighted by Crippen LogP contribution is 2.16.